The zero-order valence-electron chi connectivity index (χ0n) is 16.0. The minimum atomic E-state index is -0.242. The number of rotatable bonds is 4. The van der Waals surface area contributed by atoms with Gasteiger partial charge in [-0.3, -0.25) is 9.59 Å². The third-order valence-electron chi connectivity index (χ3n) is 6.28. The lowest BCUT2D eigenvalue weighted by Gasteiger charge is -2.13. The smallest absolute Gasteiger partial charge is 0.254 e. The van der Waals surface area contributed by atoms with Gasteiger partial charge in [-0.1, -0.05) is 36.4 Å². The van der Waals surface area contributed by atoms with Crippen LogP contribution in [-0.2, 0) is 9.59 Å². The van der Waals surface area contributed by atoms with E-state index in [1.54, 1.807) is 22.2 Å². The van der Waals surface area contributed by atoms with Crippen molar-refractivity contribution in [2.45, 2.75) is 6.42 Å². The largest absolute Gasteiger partial charge is 0.272 e. The van der Waals surface area contributed by atoms with Gasteiger partial charge < -0.3 is 0 Å². The van der Waals surface area contributed by atoms with Crippen LogP contribution in [0.15, 0.2) is 71.3 Å². The molecule has 1 aliphatic heterocycles. The van der Waals surface area contributed by atoms with Gasteiger partial charge in [0.25, 0.3) is 11.8 Å². The summed E-state index contributed by atoms with van der Waals surface area (Å²) in [5.41, 5.74) is 2.47. The fraction of sp³-hybridized carbons (Fsp3) is 0.217. The summed E-state index contributed by atoms with van der Waals surface area (Å²) in [7, 11) is 0. The normalized spacial score (nSPS) is 27.0. The van der Waals surface area contributed by atoms with Gasteiger partial charge in [0.2, 0.25) is 0 Å². The molecule has 7 heteroatoms. The third kappa shape index (κ3) is 2.55. The van der Waals surface area contributed by atoms with Crippen molar-refractivity contribution in [2.24, 2.45) is 28.8 Å². The lowest BCUT2D eigenvalue weighted by atomic mass is 9.85. The molecule has 0 unspecified atom stereocenters. The van der Waals surface area contributed by atoms with Crippen molar-refractivity contribution in [3.05, 3.63) is 71.8 Å². The van der Waals surface area contributed by atoms with Gasteiger partial charge in [-0.15, -0.1) is 11.3 Å². The van der Waals surface area contributed by atoms with Crippen molar-refractivity contribution in [3.63, 3.8) is 0 Å². The number of hydrazone groups is 1. The summed E-state index contributed by atoms with van der Waals surface area (Å²) in [6.07, 6.45) is 8.56. The molecule has 0 spiro atoms. The Balaban J connectivity index is 1.36. The van der Waals surface area contributed by atoms with Gasteiger partial charge in [-0.25, -0.2) is 4.68 Å². The van der Waals surface area contributed by atoms with Crippen LogP contribution < -0.4 is 0 Å². The zero-order chi connectivity index (χ0) is 20.2. The van der Waals surface area contributed by atoms with Gasteiger partial charge in [-0.05, 0) is 41.8 Å². The van der Waals surface area contributed by atoms with E-state index >= 15 is 0 Å². The Morgan fingerprint density at radius 3 is 2.40 bits per heavy atom. The Kier molecular flexibility index (Phi) is 3.86. The fourth-order valence-electron chi connectivity index (χ4n) is 4.92. The predicted molar refractivity (Wildman–Crippen MR) is 114 cm³/mol. The van der Waals surface area contributed by atoms with E-state index in [1.165, 1.54) is 0 Å². The quantitative estimate of drug-likeness (QED) is 0.371. The maximum atomic E-state index is 12.9. The van der Waals surface area contributed by atoms with E-state index in [0.717, 1.165) is 33.3 Å². The number of benzene rings is 1. The Bertz CT molecular complexity index is 1170. The highest BCUT2D eigenvalue weighted by molar-refractivity contribution is 7.13. The molecule has 1 saturated carbocycles. The number of amides is 2. The van der Waals surface area contributed by atoms with Crippen molar-refractivity contribution >= 4 is 29.4 Å². The molecule has 1 saturated heterocycles. The fourth-order valence-corrected chi connectivity index (χ4v) is 5.65. The molecule has 0 N–H and O–H groups in total. The molecule has 0 radical (unpaired) electrons. The number of imide groups is 1. The van der Waals surface area contributed by atoms with E-state index in [1.807, 2.05) is 54.0 Å². The highest BCUT2D eigenvalue weighted by Crippen LogP contribution is 2.52. The van der Waals surface area contributed by atoms with E-state index in [0.29, 0.717) is 0 Å². The molecule has 2 bridgehead atoms. The highest BCUT2D eigenvalue weighted by atomic mass is 32.1. The number of para-hydroxylation sites is 1. The second-order valence-corrected chi connectivity index (χ2v) is 8.87. The molecule has 2 aliphatic carbocycles. The van der Waals surface area contributed by atoms with Gasteiger partial charge in [0.15, 0.2) is 0 Å². The van der Waals surface area contributed by atoms with E-state index in [9.17, 15) is 9.59 Å². The summed E-state index contributed by atoms with van der Waals surface area (Å²) < 4.78 is 1.79. The Morgan fingerprint density at radius 2 is 1.73 bits per heavy atom. The lowest BCUT2D eigenvalue weighted by Crippen LogP contribution is -2.28. The van der Waals surface area contributed by atoms with Crippen LogP contribution in [0.1, 0.15) is 12.0 Å². The van der Waals surface area contributed by atoms with Gasteiger partial charge in [0, 0.05) is 11.8 Å². The van der Waals surface area contributed by atoms with E-state index < -0.39 is 0 Å². The topological polar surface area (TPSA) is 67.6 Å². The second kappa shape index (κ2) is 6.60. The number of carbonyl (C=O) groups excluding carboxylic acids is 2. The molecule has 3 aromatic rings. The van der Waals surface area contributed by atoms with Crippen LogP contribution in [0, 0.1) is 23.7 Å². The first-order valence-electron chi connectivity index (χ1n) is 10.00. The Hall–Kier alpha value is -3.32. The first-order valence-corrected chi connectivity index (χ1v) is 10.9. The predicted octanol–water partition coefficient (Wildman–Crippen LogP) is 3.74. The number of thiophene rings is 1. The maximum absolute atomic E-state index is 12.9. The average Bonchev–Trinajstić information content (AvgIpc) is 3.58. The van der Waals surface area contributed by atoms with Crippen molar-refractivity contribution < 1.29 is 9.59 Å². The number of carbonyl (C=O) groups is 2. The molecule has 148 valence electrons. The number of nitrogens with zero attached hydrogens (tertiary/aromatic N) is 4. The summed E-state index contributed by atoms with van der Waals surface area (Å²) in [6.45, 7) is 0. The SMILES string of the molecule is O=C1[C@H]2[C@H](C(=O)N1/N=C\c1cn(-c3ccccc3)nc1-c1cccs1)[C@H]1C=C[C@H]2C1. The monoisotopic (exact) mass is 414 g/mol. The molecular formula is C23H18N4O2S. The summed E-state index contributed by atoms with van der Waals surface area (Å²) >= 11 is 1.59. The minimum Gasteiger partial charge on any atom is -0.272 e. The number of allylic oxidation sites excluding steroid dienone is 2. The summed E-state index contributed by atoms with van der Waals surface area (Å²) in [6, 6.07) is 13.8. The van der Waals surface area contributed by atoms with Crippen molar-refractivity contribution in [2.75, 3.05) is 0 Å². The minimum absolute atomic E-state index is 0.175. The lowest BCUT2D eigenvalue weighted by molar-refractivity contribution is -0.140. The van der Waals surface area contributed by atoms with Gasteiger partial charge >= 0.3 is 0 Å². The van der Waals surface area contributed by atoms with Crippen LogP contribution in [0.2, 0.25) is 0 Å². The number of hydrogen-bond donors (Lipinski definition) is 0. The highest BCUT2D eigenvalue weighted by Gasteiger charge is 2.59. The first kappa shape index (κ1) is 17.5. The van der Waals surface area contributed by atoms with Crippen LogP contribution in [0.5, 0.6) is 0 Å². The number of hydrogen-bond acceptors (Lipinski definition) is 5. The van der Waals surface area contributed by atoms with Crippen molar-refractivity contribution in [3.8, 4) is 16.3 Å². The maximum Gasteiger partial charge on any atom is 0.254 e. The second-order valence-electron chi connectivity index (χ2n) is 7.92. The van der Waals surface area contributed by atoms with Crippen molar-refractivity contribution in [1.82, 2.24) is 14.8 Å². The first-order chi connectivity index (χ1) is 14.7. The average molecular weight is 414 g/mol. The molecule has 6 nitrogen and oxygen atoms in total. The van der Waals surface area contributed by atoms with Crippen molar-refractivity contribution in [1.29, 1.82) is 0 Å². The van der Waals surface area contributed by atoms with Gasteiger partial charge in [0.05, 0.1) is 28.6 Å². The molecule has 6 rings (SSSR count). The van der Waals surface area contributed by atoms with Crippen LogP contribution in [-0.4, -0.2) is 32.8 Å². The zero-order valence-corrected chi connectivity index (χ0v) is 16.8. The number of fused-ring (bicyclic) bond motifs is 5. The molecule has 2 fully saturated rings. The van der Waals surface area contributed by atoms with E-state index in [4.69, 9.17) is 5.10 Å². The summed E-state index contributed by atoms with van der Waals surface area (Å²) in [4.78, 5) is 26.8. The van der Waals surface area contributed by atoms with Crippen LogP contribution in [0.25, 0.3) is 16.3 Å². The molecular weight excluding hydrogens is 396 g/mol. The summed E-state index contributed by atoms with van der Waals surface area (Å²) in [5.74, 6) is -0.474. The molecule has 30 heavy (non-hydrogen) atoms. The van der Waals surface area contributed by atoms with E-state index in [-0.39, 0.29) is 35.5 Å². The molecule has 4 atom stereocenters. The molecule has 3 aliphatic rings. The molecule has 3 heterocycles. The molecule has 2 aromatic heterocycles. The number of aromatic nitrogens is 2. The van der Waals surface area contributed by atoms with Crippen LogP contribution >= 0.6 is 11.3 Å². The standard InChI is InChI=1S/C23H18N4O2S/c28-22-19-14-8-9-15(11-14)20(19)23(29)27(22)24-12-16-13-26(17-5-2-1-3-6-17)25-21(16)18-7-4-10-30-18/h1-10,12-15,19-20H,11H2/b24-12-/t14-,15-,19+,20+/m0/s1. The molecule has 1 aromatic carbocycles. The Labute approximate surface area is 177 Å². The van der Waals surface area contributed by atoms with E-state index in [2.05, 4.69) is 17.3 Å². The third-order valence-corrected chi connectivity index (χ3v) is 7.15. The molecule has 2 amide bonds. The van der Waals surface area contributed by atoms with Gasteiger partial charge in [0.1, 0.15) is 5.69 Å². The summed E-state index contributed by atoms with van der Waals surface area (Å²) in [5, 5.41) is 12.2. The van der Waals surface area contributed by atoms with Crippen LogP contribution in [0.3, 0.4) is 0 Å². The van der Waals surface area contributed by atoms with Crippen LogP contribution in [0.4, 0.5) is 0 Å². The van der Waals surface area contributed by atoms with Gasteiger partial charge in [-0.2, -0.15) is 15.2 Å². The Morgan fingerprint density at radius 1 is 1.00 bits per heavy atom.